The van der Waals surface area contributed by atoms with E-state index in [1.807, 2.05) is 53.7 Å². The summed E-state index contributed by atoms with van der Waals surface area (Å²) in [7, 11) is -1.03. The van der Waals surface area contributed by atoms with Crippen molar-refractivity contribution in [3.8, 4) is 0 Å². The smallest absolute Gasteiger partial charge is 0.128 e. The van der Waals surface area contributed by atoms with Crippen LogP contribution in [0.4, 0.5) is 0 Å². The minimum absolute atomic E-state index is 0.313. The van der Waals surface area contributed by atoms with Crippen LogP contribution in [0.3, 0.4) is 0 Å². The highest BCUT2D eigenvalue weighted by Crippen LogP contribution is 2.38. The predicted octanol–water partition coefficient (Wildman–Crippen LogP) is 3.07. The van der Waals surface area contributed by atoms with Crippen LogP contribution in [0.15, 0.2) is 59.5 Å². The van der Waals surface area contributed by atoms with Gasteiger partial charge in [-0.2, -0.15) is 0 Å². The average molecular weight is 257 g/mol. The molecule has 3 rings (SSSR count). The maximum absolute atomic E-state index is 12.3. The first-order valence-corrected chi connectivity index (χ1v) is 7.16. The lowest BCUT2D eigenvalue weighted by Crippen LogP contribution is -2.04. The van der Waals surface area contributed by atoms with Crippen molar-refractivity contribution >= 4 is 11.0 Å². The molecule has 1 heterocycles. The van der Waals surface area contributed by atoms with Gasteiger partial charge in [-0.3, -0.25) is 0 Å². The third-order valence-corrected chi connectivity index (χ3v) is 4.69. The van der Waals surface area contributed by atoms with Crippen molar-refractivity contribution in [2.24, 2.45) is 0 Å². The number of nitrogens with zero attached hydrogens (tertiary/aromatic N) is 1. The van der Waals surface area contributed by atoms with Crippen LogP contribution >= 0.6 is 0 Å². The van der Waals surface area contributed by atoms with E-state index < -0.39 is 11.0 Å². The van der Waals surface area contributed by atoms with Crippen LogP contribution in [0.25, 0.3) is 0 Å². The summed E-state index contributed by atoms with van der Waals surface area (Å²) in [6.07, 6.45) is 0. The van der Waals surface area contributed by atoms with E-state index in [9.17, 15) is 4.21 Å². The van der Waals surface area contributed by atoms with Gasteiger partial charge in [0.15, 0.2) is 0 Å². The molecule has 1 aliphatic heterocycles. The van der Waals surface area contributed by atoms with Gasteiger partial charge in [-0.25, -0.2) is 8.51 Å². The van der Waals surface area contributed by atoms with Crippen LogP contribution in [0, 0.1) is 6.92 Å². The zero-order valence-electron chi connectivity index (χ0n) is 10.2. The Balaban J connectivity index is 1.75. The van der Waals surface area contributed by atoms with Crippen molar-refractivity contribution in [2.45, 2.75) is 17.9 Å². The van der Waals surface area contributed by atoms with Gasteiger partial charge in [0.1, 0.15) is 11.0 Å². The molecule has 3 heteroatoms. The Kier molecular flexibility index (Phi) is 3.02. The van der Waals surface area contributed by atoms with E-state index in [1.54, 1.807) is 0 Å². The molecule has 92 valence electrons. The van der Waals surface area contributed by atoms with Crippen LogP contribution in [-0.4, -0.2) is 15.1 Å². The summed E-state index contributed by atoms with van der Waals surface area (Å²) in [5, 5.41) is 0. The van der Waals surface area contributed by atoms with Crippen molar-refractivity contribution in [1.29, 1.82) is 0 Å². The topological polar surface area (TPSA) is 20.1 Å². The molecule has 3 atom stereocenters. The highest BCUT2D eigenvalue weighted by Gasteiger charge is 2.40. The van der Waals surface area contributed by atoms with Gasteiger partial charge in [0.05, 0.1) is 10.9 Å². The third-order valence-electron chi connectivity index (χ3n) is 3.19. The minimum atomic E-state index is -1.03. The van der Waals surface area contributed by atoms with Crippen molar-refractivity contribution in [3.63, 3.8) is 0 Å². The molecule has 0 N–H and O–H groups in total. The largest absolute Gasteiger partial charge is 0.237 e. The highest BCUT2D eigenvalue weighted by molar-refractivity contribution is 7.83. The maximum Gasteiger partial charge on any atom is 0.128 e. The number of hydrogen-bond acceptors (Lipinski definition) is 1. The normalized spacial score (nSPS) is 23.6. The van der Waals surface area contributed by atoms with Gasteiger partial charge in [-0.1, -0.05) is 48.0 Å². The maximum atomic E-state index is 12.3. The SMILES string of the molecule is Cc1ccc(S(=O)N2C[C@H]2c2ccccc2)cc1. The molecule has 2 aromatic carbocycles. The molecule has 2 unspecified atom stereocenters. The molecule has 0 aliphatic carbocycles. The quantitative estimate of drug-likeness (QED) is 0.774. The fourth-order valence-corrected chi connectivity index (χ4v) is 3.31. The monoisotopic (exact) mass is 257 g/mol. The average Bonchev–Trinajstić information content (AvgIpc) is 3.20. The lowest BCUT2D eigenvalue weighted by atomic mass is 10.2. The Hall–Kier alpha value is -1.45. The molecule has 2 nitrogen and oxygen atoms in total. The summed E-state index contributed by atoms with van der Waals surface area (Å²) in [6, 6.07) is 18.5. The van der Waals surface area contributed by atoms with Gasteiger partial charge in [-0.05, 0) is 24.6 Å². The first kappa shape index (κ1) is 11.6. The number of aryl methyl sites for hydroxylation is 1. The molecule has 0 saturated carbocycles. The van der Waals surface area contributed by atoms with Gasteiger partial charge in [0.2, 0.25) is 0 Å². The molecule has 1 fully saturated rings. The van der Waals surface area contributed by atoms with Gasteiger partial charge in [0, 0.05) is 6.54 Å². The number of hydrogen-bond donors (Lipinski definition) is 0. The van der Waals surface area contributed by atoms with Gasteiger partial charge >= 0.3 is 0 Å². The molecular formula is C15H15NOS. The highest BCUT2D eigenvalue weighted by atomic mass is 32.2. The summed E-state index contributed by atoms with van der Waals surface area (Å²) >= 11 is 0. The number of rotatable bonds is 3. The van der Waals surface area contributed by atoms with Gasteiger partial charge < -0.3 is 0 Å². The summed E-state index contributed by atoms with van der Waals surface area (Å²) < 4.78 is 14.4. The fraction of sp³-hybridized carbons (Fsp3) is 0.200. The lowest BCUT2D eigenvalue weighted by Gasteiger charge is -2.04. The van der Waals surface area contributed by atoms with Crippen molar-refractivity contribution < 1.29 is 4.21 Å². The van der Waals surface area contributed by atoms with Gasteiger partial charge in [0.25, 0.3) is 0 Å². The Morgan fingerprint density at radius 1 is 1.06 bits per heavy atom. The van der Waals surface area contributed by atoms with Crippen LogP contribution in [0.5, 0.6) is 0 Å². The zero-order chi connectivity index (χ0) is 12.5. The van der Waals surface area contributed by atoms with Crippen LogP contribution in [0.1, 0.15) is 17.2 Å². The Morgan fingerprint density at radius 2 is 1.72 bits per heavy atom. The summed E-state index contributed by atoms with van der Waals surface area (Å²) in [5.74, 6) is 0. The molecule has 0 amide bonds. The van der Waals surface area contributed by atoms with E-state index in [0.717, 1.165) is 11.4 Å². The lowest BCUT2D eigenvalue weighted by molar-refractivity contribution is 0.647. The first-order valence-electron chi connectivity index (χ1n) is 6.06. The van der Waals surface area contributed by atoms with E-state index in [0.29, 0.717) is 6.04 Å². The molecule has 0 aromatic heterocycles. The minimum Gasteiger partial charge on any atom is -0.237 e. The van der Waals surface area contributed by atoms with Crippen LogP contribution in [0.2, 0.25) is 0 Å². The number of benzene rings is 2. The van der Waals surface area contributed by atoms with Crippen molar-refractivity contribution in [3.05, 3.63) is 65.7 Å². The second-order valence-corrected chi connectivity index (χ2v) is 6.03. The second-order valence-electron chi connectivity index (χ2n) is 4.59. The molecule has 1 aliphatic rings. The van der Waals surface area contributed by atoms with Crippen LogP contribution in [-0.2, 0) is 11.0 Å². The molecule has 0 bridgehead atoms. The zero-order valence-corrected chi connectivity index (χ0v) is 11.1. The molecule has 0 radical (unpaired) electrons. The predicted molar refractivity (Wildman–Crippen MR) is 73.5 cm³/mol. The molecule has 2 aromatic rings. The summed E-state index contributed by atoms with van der Waals surface area (Å²) in [5.41, 5.74) is 2.44. The van der Waals surface area contributed by atoms with E-state index in [1.165, 1.54) is 11.1 Å². The second kappa shape index (κ2) is 4.67. The standard InChI is InChI=1S/C15H15NOS/c1-12-7-9-14(10-8-12)18(17)16-11-15(16)13-5-3-2-4-6-13/h2-10,15H,11H2,1H3/t15-,16?,18?/m0/s1. The van der Waals surface area contributed by atoms with Gasteiger partial charge in [-0.15, -0.1) is 0 Å². The Bertz CT molecular complexity index is 565. The first-order chi connectivity index (χ1) is 8.75. The summed E-state index contributed by atoms with van der Waals surface area (Å²) in [4.78, 5) is 0.888. The van der Waals surface area contributed by atoms with E-state index >= 15 is 0 Å². The van der Waals surface area contributed by atoms with Crippen LogP contribution < -0.4 is 0 Å². The van der Waals surface area contributed by atoms with E-state index in [4.69, 9.17) is 0 Å². The molecule has 1 saturated heterocycles. The van der Waals surface area contributed by atoms with E-state index in [-0.39, 0.29) is 0 Å². The Labute approximate surface area is 110 Å². The molecular weight excluding hydrogens is 242 g/mol. The Morgan fingerprint density at radius 3 is 2.39 bits per heavy atom. The van der Waals surface area contributed by atoms with E-state index in [2.05, 4.69) is 12.1 Å². The molecule has 0 spiro atoms. The molecule has 18 heavy (non-hydrogen) atoms. The fourth-order valence-electron chi connectivity index (χ4n) is 2.04. The third kappa shape index (κ3) is 2.24. The van der Waals surface area contributed by atoms with Crippen molar-refractivity contribution in [2.75, 3.05) is 6.54 Å². The summed E-state index contributed by atoms with van der Waals surface area (Å²) in [6.45, 7) is 2.92. The van der Waals surface area contributed by atoms with Crippen molar-refractivity contribution in [1.82, 2.24) is 4.31 Å².